The van der Waals surface area contributed by atoms with Crippen LogP contribution >= 0.6 is 23.2 Å². The molecule has 2 rings (SSSR count). The molecule has 0 heterocycles. The van der Waals surface area contributed by atoms with E-state index in [1.165, 1.54) is 17.5 Å². The molecule has 42 heavy (non-hydrogen) atoms. The van der Waals surface area contributed by atoms with Crippen LogP contribution in [0.3, 0.4) is 0 Å². The number of nitrogens with one attached hydrogen (secondary N) is 2. The summed E-state index contributed by atoms with van der Waals surface area (Å²) in [6, 6.07) is 1.23. The molecule has 2 atom stereocenters. The predicted molar refractivity (Wildman–Crippen MR) is 136 cm³/mol. The number of alkyl halides is 9. The van der Waals surface area contributed by atoms with E-state index in [2.05, 4.69) is 0 Å². The van der Waals surface area contributed by atoms with Gasteiger partial charge in [0.15, 0.2) is 0 Å². The maximum absolute atomic E-state index is 15.1. The van der Waals surface area contributed by atoms with E-state index in [9.17, 15) is 49.1 Å². The second kappa shape index (κ2) is 13.4. The quantitative estimate of drug-likeness (QED) is 0.281. The summed E-state index contributed by atoms with van der Waals surface area (Å²) in [4.78, 5) is 24.2. The van der Waals surface area contributed by atoms with Crippen molar-refractivity contribution in [2.45, 2.75) is 44.3 Å². The molecule has 0 radical (unpaired) electrons. The van der Waals surface area contributed by atoms with E-state index in [4.69, 9.17) is 23.2 Å². The highest BCUT2D eigenvalue weighted by Crippen LogP contribution is 2.42. The number of benzene rings is 2. The Hall–Kier alpha value is -3.26. The van der Waals surface area contributed by atoms with Crippen molar-refractivity contribution in [3.8, 4) is 0 Å². The zero-order valence-electron chi connectivity index (χ0n) is 21.3. The Morgan fingerprint density at radius 1 is 0.976 bits per heavy atom. The first-order valence-electron chi connectivity index (χ1n) is 11.6. The van der Waals surface area contributed by atoms with Crippen molar-refractivity contribution in [2.75, 3.05) is 6.54 Å². The third-order valence-corrected chi connectivity index (χ3v) is 6.32. The van der Waals surface area contributed by atoms with Gasteiger partial charge in [0.25, 0.3) is 5.91 Å². The first kappa shape index (κ1) is 34.9. The topological polar surface area (TPSA) is 58.2 Å². The molecule has 0 saturated carbocycles. The van der Waals surface area contributed by atoms with E-state index in [1.807, 2.05) is 0 Å². The minimum atomic E-state index is -5.33. The van der Waals surface area contributed by atoms with Gasteiger partial charge in [0, 0.05) is 5.56 Å². The Morgan fingerprint density at radius 3 is 2.12 bits per heavy atom. The average Bonchev–Trinajstić information content (AvgIpc) is 2.86. The van der Waals surface area contributed by atoms with Crippen molar-refractivity contribution >= 4 is 46.9 Å². The molecule has 2 aromatic rings. The van der Waals surface area contributed by atoms with Crippen LogP contribution in [0.2, 0.25) is 10.0 Å². The van der Waals surface area contributed by atoms with E-state index in [1.54, 1.807) is 12.2 Å². The lowest BCUT2D eigenvalue weighted by Crippen LogP contribution is -2.47. The molecule has 0 aliphatic heterocycles. The molecule has 0 spiro atoms. The second-order valence-electron chi connectivity index (χ2n) is 8.73. The monoisotopic (exact) mass is 652 g/mol. The molecule has 16 heteroatoms. The number of rotatable bonds is 8. The number of allylic oxidation sites excluding steroid dienone is 2. The van der Waals surface area contributed by atoms with Gasteiger partial charge in [-0.1, -0.05) is 41.4 Å². The number of halogens is 12. The fraction of sp³-hybridized carbons (Fsp3) is 0.308. The van der Waals surface area contributed by atoms with Crippen LogP contribution in [-0.2, 0) is 11.0 Å². The zero-order chi connectivity index (χ0) is 32.2. The average molecular weight is 653 g/mol. The van der Waals surface area contributed by atoms with Gasteiger partial charge in [-0.25, -0.2) is 4.39 Å². The maximum Gasteiger partial charge on any atom is 0.417 e. The summed E-state index contributed by atoms with van der Waals surface area (Å²) in [5.74, 6) is -7.33. The summed E-state index contributed by atoms with van der Waals surface area (Å²) >= 11 is 11.9. The maximum atomic E-state index is 15.1. The van der Waals surface area contributed by atoms with E-state index < -0.39 is 76.9 Å². The molecule has 2 amide bonds. The number of amides is 2. The number of carbonyl (C=O) groups excluding carboxylic acids is 2. The highest BCUT2D eigenvalue weighted by Gasteiger charge is 2.41. The Balaban J connectivity index is 2.50. The third kappa shape index (κ3) is 9.38. The summed E-state index contributed by atoms with van der Waals surface area (Å²) in [6.45, 7) is 0.677. The highest BCUT2D eigenvalue weighted by atomic mass is 35.5. The predicted octanol–water partition coefficient (Wildman–Crippen LogP) is 8.50. The number of hydrogen-bond donors (Lipinski definition) is 2. The molecule has 230 valence electrons. The van der Waals surface area contributed by atoms with E-state index in [0.717, 1.165) is 19.1 Å². The molecule has 1 unspecified atom stereocenters. The van der Waals surface area contributed by atoms with Gasteiger partial charge in [-0.3, -0.25) is 9.59 Å². The lowest BCUT2D eigenvalue weighted by atomic mass is 9.94. The Labute approximate surface area is 242 Å². The molecule has 0 aliphatic carbocycles. The van der Waals surface area contributed by atoms with Crippen LogP contribution in [0, 0.1) is 0 Å². The van der Waals surface area contributed by atoms with Crippen molar-refractivity contribution in [3.05, 3.63) is 80.3 Å². The van der Waals surface area contributed by atoms with Gasteiger partial charge in [0.2, 0.25) is 5.91 Å². The molecule has 0 fully saturated rings. The lowest BCUT2D eigenvalue weighted by molar-refractivity contribution is -0.140. The highest BCUT2D eigenvalue weighted by molar-refractivity contribution is 6.43. The first-order valence-corrected chi connectivity index (χ1v) is 12.3. The molecular weight excluding hydrogens is 633 g/mol. The summed E-state index contributed by atoms with van der Waals surface area (Å²) in [7, 11) is 0. The van der Waals surface area contributed by atoms with Crippen molar-refractivity contribution in [2.24, 2.45) is 0 Å². The molecule has 0 bridgehead atoms. The van der Waals surface area contributed by atoms with Gasteiger partial charge >= 0.3 is 18.5 Å². The molecule has 0 aliphatic rings. The van der Waals surface area contributed by atoms with Crippen LogP contribution < -0.4 is 10.6 Å². The summed E-state index contributed by atoms with van der Waals surface area (Å²) < 4.78 is 135. The van der Waals surface area contributed by atoms with E-state index >= 15 is 4.39 Å². The standard InChI is InChI=1S/C26H20Cl2F10N2O2/c1-3-4-14-7-15(9-19(27)21(14)28)17(25(33,34)35)10-20(29)13-5-6-16(18(8-13)26(36,37)38)23(42)40-12(2)22(41)39-11-24(30,31)32/h3-10,12,17H,11H2,1-2H3,(H,39,41)(H,40,42)/b4-3+,20-10-/t12-,17?/m1/s1. The van der Waals surface area contributed by atoms with Crippen LogP contribution in [0.15, 0.2) is 42.5 Å². The van der Waals surface area contributed by atoms with Crippen molar-refractivity contribution < 1.29 is 53.5 Å². The molecular formula is C26H20Cl2F10N2O2. The largest absolute Gasteiger partial charge is 0.417 e. The first-order chi connectivity index (χ1) is 19.2. The van der Waals surface area contributed by atoms with Gasteiger partial charge in [0.05, 0.1) is 21.2 Å². The third-order valence-electron chi connectivity index (χ3n) is 5.50. The second-order valence-corrected chi connectivity index (χ2v) is 9.51. The van der Waals surface area contributed by atoms with Crippen molar-refractivity contribution in [1.82, 2.24) is 10.6 Å². The fourth-order valence-electron chi connectivity index (χ4n) is 3.54. The number of hydrogen-bond acceptors (Lipinski definition) is 2. The van der Waals surface area contributed by atoms with Gasteiger partial charge in [-0.2, -0.15) is 39.5 Å². The molecule has 2 aromatic carbocycles. The van der Waals surface area contributed by atoms with Gasteiger partial charge < -0.3 is 10.6 Å². The summed E-state index contributed by atoms with van der Waals surface area (Å²) in [6.07, 6.45) is -12.4. The van der Waals surface area contributed by atoms with Gasteiger partial charge in [-0.05, 0) is 55.3 Å². The Bertz CT molecular complexity index is 1380. The lowest BCUT2D eigenvalue weighted by Gasteiger charge is -2.20. The van der Waals surface area contributed by atoms with Crippen molar-refractivity contribution in [1.29, 1.82) is 0 Å². The number of carbonyl (C=O) groups is 2. The smallest absolute Gasteiger partial charge is 0.345 e. The fourth-order valence-corrected chi connectivity index (χ4v) is 3.95. The Morgan fingerprint density at radius 2 is 1.60 bits per heavy atom. The summed E-state index contributed by atoms with van der Waals surface area (Å²) in [5, 5.41) is 2.85. The molecule has 2 N–H and O–H groups in total. The zero-order valence-corrected chi connectivity index (χ0v) is 22.8. The van der Waals surface area contributed by atoms with Crippen molar-refractivity contribution in [3.63, 3.8) is 0 Å². The minimum Gasteiger partial charge on any atom is -0.345 e. The van der Waals surface area contributed by atoms with Crippen LogP contribution in [-0.4, -0.2) is 36.8 Å². The van der Waals surface area contributed by atoms with Crippen LogP contribution in [0.1, 0.15) is 52.4 Å². The van der Waals surface area contributed by atoms with Crippen LogP contribution in [0.4, 0.5) is 43.9 Å². The summed E-state index contributed by atoms with van der Waals surface area (Å²) in [5.41, 5.74) is -4.41. The molecule has 4 nitrogen and oxygen atoms in total. The van der Waals surface area contributed by atoms with E-state index in [-0.39, 0.29) is 27.8 Å². The molecule has 0 saturated heterocycles. The SMILES string of the molecule is C/C=C/c1cc(C(/C=C(\F)c2ccc(C(=O)N[C@H](C)C(=O)NCC(F)(F)F)c(C(F)(F)F)c2)C(F)(F)F)cc(Cl)c1Cl. The van der Waals surface area contributed by atoms with Gasteiger partial charge in [-0.15, -0.1) is 0 Å². The normalized spacial score (nSPS) is 14.6. The van der Waals surface area contributed by atoms with Crippen LogP contribution in [0.25, 0.3) is 11.9 Å². The van der Waals surface area contributed by atoms with Gasteiger partial charge in [0.1, 0.15) is 24.3 Å². The molecule has 0 aromatic heterocycles. The minimum absolute atomic E-state index is 0.0291. The van der Waals surface area contributed by atoms with Crippen LogP contribution in [0.5, 0.6) is 0 Å². The Kier molecular flexibility index (Phi) is 11.1. The van der Waals surface area contributed by atoms with E-state index in [0.29, 0.717) is 12.1 Å².